The van der Waals surface area contributed by atoms with E-state index in [0.29, 0.717) is 0 Å². The largest absolute Gasteiger partial charge is 0.393 e. The van der Waals surface area contributed by atoms with Crippen molar-refractivity contribution >= 4 is 46.4 Å². The maximum Gasteiger partial charge on any atom is 0.266 e. The molecule has 0 aliphatic heterocycles. The Labute approximate surface area is 92.9 Å². The van der Waals surface area contributed by atoms with Gasteiger partial charge < -0.3 is 5.11 Å². The zero-order chi connectivity index (χ0) is 9.61. The van der Waals surface area contributed by atoms with Crippen molar-refractivity contribution in [2.75, 3.05) is 0 Å². The topological polar surface area (TPSA) is 20.2 Å². The Hall–Kier alpha value is 1.12. The first kappa shape index (κ1) is 13.1. The Balaban J connectivity index is 0.000000217. The normalized spacial score (nSPS) is 19.8. The second kappa shape index (κ2) is 6.56. The van der Waals surface area contributed by atoms with Gasteiger partial charge in [0.25, 0.3) is 3.25 Å². The molecule has 0 saturated heterocycles. The van der Waals surface area contributed by atoms with Crippen LogP contribution in [-0.4, -0.2) is 14.5 Å². The molecular weight excluding hydrogens is 242 g/mol. The van der Waals surface area contributed by atoms with E-state index >= 15 is 0 Å². The summed E-state index contributed by atoms with van der Waals surface area (Å²) in [6.07, 6.45) is 5.92. The second-order valence-corrected chi connectivity index (χ2v) is 6.15. The number of hydrogen-bond donors (Lipinski definition) is 1. The van der Waals surface area contributed by atoms with E-state index in [-0.39, 0.29) is 6.10 Å². The number of aliphatic hydroxyl groups excluding tert-OH is 1. The summed E-state index contributed by atoms with van der Waals surface area (Å²) in [6.45, 7) is 0. The van der Waals surface area contributed by atoms with Crippen LogP contribution < -0.4 is 0 Å². The predicted molar refractivity (Wildman–Crippen MR) is 55.2 cm³/mol. The molecule has 1 aliphatic carbocycles. The summed E-state index contributed by atoms with van der Waals surface area (Å²) < 4.78 is -1.61. The van der Waals surface area contributed by atoms with Crippen LogP contribution in [0.4, 0.5) is 0 Å². The fourth-order valence-electron chi connectivity index (χ4n) is 1.08. The second-order valence-electron chi connectivity index (χ2n) is 2.72. The van der Waals surface area contributed by atoms with Gasteiger partial charge in [-0.25, -0.2) is 0 Å². The summed E-state index contributed by atoms with van der Waals surface area (Å²) in [5, 5.41) is 8.91. The van der Waals surface area contributed by atoms with Gasteiger partial charge in [0.05, 0.1) is 6.10 Å². The molecule has 74 valence electrons. The molecule has 0 spiro atoms. The SMILES string of the molecule is ClC(Cl)(Cl)Cl.OC1CCCCC1. The number of aliphatic hydroxyl groups is 1. The van der Waals surface area contributed by atoms with Crippen molar-refractivity contribution in [2.24, 2.45) is 0 Å². The molecule has 1 fully saturated rings. The Kier molecular flexibility index (Phi) is 7.17. The van der Waals surface area contributed by atoms with E-state index in [4.69, 9.17) is 51.5 Å². The highest BCUT2D eigenvalue weighted by atomic mass is 35.6. The van der Waals surface area contributed by atoms with Crippen molar-refractivity contribution in [2.45, 2.75) is 41.5 Å². The van der Waals surface area contributed by atoms with Gasteiger partial charge in [-0.05, 0) is 12.8 Å². The standard InChI is InChI=1S/C6H12O.CCl4/c7-6-4-2-1-3-5-6;2-1(3,4)5/h6-7H,1-5H2;. The third-order valence-electron chi connectivity index (χ3n) is 1.57. The monoisotopic (exact) mass is 252 g/mol. The number of hydrogen-bond acceptors (Lipinski definition) is 1. The fourth-order valence-corrected chi connectivity index (χ4v) is 1.08. The summed E-state index contributed by atoms with van der Waals surface area (Å²) in [4.78, 5) is 0. The maximum absolute atomic E-state index is 8.91. The van der Waals surface area contributed by atoms with E-state index in [1.54, 1.807) is 0 Å². The Morgan fingerprint density at radius 2 is 1.25 bits per heavy atom. The van der Waals surface area contributed by atoms with Crippen LogP contribution in [0.1, 0.15) is 32.1 Å². The summed E-state index contributed by atoms with van der Waals surface area (Å²) in [5.74, 6) is 0. The average Bonchev–Trinajstić information content (AvgIpc) is 1.85. The highest BCUT2D eigenvalue weighted by molar-refractivity contribution is 6.83. The highest BCUT2D eigenvalue weighted by Gasteiger charge is 2.11. The van der Waals surface area contributed by atoms with Gasteiger partial charge in [0.15, 0.2) is 0 Å². The van der Waals surface area contributed by atoms with Crippen molar-refractivity contribution in [1.29, 1.82) is 0 Å². The van der Waals surface area contributed by atoms with E-state index in [9.17, 15) is 0 Å². The predicted octanol–water partition coefficient (Wildman–Crippen LogP) is 3.86. The molecule has 0 bridgehead atoms. The lowest BCUT2D eigenvalue weighted by atomic mass is 9.98. The van der Waals surface area contributed by atoms with Crippen LogP contribution >= 0.6 is 46.4 Å². The molecule has 0 amide bonds. The minimum atomic E-state index is -1.61. The van der Waals surface area contributed by atoms with Gasteiger partial charge in [0.1, 0.15) is 0 Å². The average molecular weight is 254 g/mol. The van der Waals surface area contributed by atoms with E-state index in [2.05, 4.69) is 0 Å². The summed E-state index contributed by atoms with van der Waals surface area (Å²) >= 11 is 19.3. The molecule has 0 unspecified atom stereocenters. The molecule has 1 rings (SSSR count). The Morgan fingerprint density at radius 3 is 1.42 bits per heavy atom. The first-order valence-electron chi connectivity index (χ1n) is 3.83. The van der Waals surface area contributed by atoms with Gasteiger partial charge >= 0.3 is 0 Å². The van der Waals surface area contributed by atoms with E-state index in [1.165, 1.54) is 19.3 Å². The van der Waals surface area contributed by atoms with E-state index < -0.39 is 3.25 Å². The van der Waals surface area contributed by atoms with Crippen LogP contribution in [-0.2, 0) is 0 Å². The van der Waals surface area contributed by atoms with Crippen LogP contribution in [0, 0.1) is 0 Å². The summed E-state index contributed by atoms with van der Waals surface area (Å²) in [5.41, 5.74) is 0. The van der Waals surface area contributed by atoms with Crippen LogP contribution in [0.3, 0.4) is 0 Å². The number of rotatable bonds is 0. The van der Waals surface area contributed by atoms with Crippen LogP contribution in [0.2, 0.25) is 0 Å². The molecule has 0 heterocycles. The Bertz CT molecular complexity index is 100. The summed E-state index contributed by atoms with van der Waals surface area (Å²) in [7, 11) is 0. The molecular formula is C7H12Cl4O. The van der Waals surface area contributed by atoms with Crippen molar-refractivity contribution in [3.63, 3.8) is 0 Å². The molecule has 1 aliphatic rings. The third kappa shape index (κ3) is 13.7. The molecule has 12 heavy (non-hydrogen) atoms. The van der Waals surface area contributed by atoms with Crippen molar-refractivity contribution in [3.8, 4) is 0 Å². The van der Waals surface area contributed by atoms with Gasteiger partial charge in [-0.3, -0.25) is 0 Å². The van der Waals surface area contributed by atoms with Crippen LogP contribution in [0.25, 0.3) is 0 Å². The van der Waals surface area contributed by atoms with Crippen LogP contribution in [0.5, 0.6) is 0 Å². The molecule has 0 aromatic heterocycles. The Morgan fingerprint density at radius 1 is 0.917 bits per heavy atom. The smallest absolute Gasteiger partial charge is 0.266 e. The molecule has 1 nitrogen and oxygen atoms in total. The molecule has 1 N–H and O–H groups in total. The minimum Gasteiger partial charge on any atom is -0.393 e. The zero-order valence-corrected chi connectivity index (χ0v) is 9.60. The molecule has 0 atom stereocenters. The van der Waals surface area contributed by atoms with Crippen LogP contribution in [0.15, 0.2) is 0 Å². The lowest BCUT2D eigenvalue weighted by Crippen LogP contribution is -2.09. The lowest BCUT2D eigenvalue weighted by molar-refractivity contribution is 0.130. The van der Waals surface area contributed by atoms with Gasteiger partial charge in [-0.2, -0.15) is 0 Å². The zero-order valence-electron chi connectivity index (χ0n) is 6.57. The number of halogens is 4. The third-order valence-corrected chi connectivity index (χ3v) is 1.57. The van der Waals surface area contributed by atoms with Crippen molar-refractivity contribution in [1.82, 2.24) is 0 Å². The molecule has 0 aromatic carbocycles. The van der Waals surface area contributed by atoms with Gasteiger partial charge in [-0.1, -0.05) is 65.7 Å². The lowest BCUT2D eigenvalue weighted by Gasteiger charge is -2.14. The van der Waals surface area contributed by atoms with Gasteiger partial charge in [0, 0.05) is 0 Å². The van der Waals surface area contributed by atoms with Gasteiger partial charge in [-0.15, -0.1) is 0 Å². The van der Waals surface area contributed by atoms with E-state index in [1.807, 2.05) is 0 Å². The first-order chi connectivity index (χ1) is 5.39. The highest BCUT2D eigenvalue weighted by Crippen LogP contribution is 2.29. The molecule has 0 radical (unpaired) electrons. The maximum atomic E-state index is 8.91. The fraction of sp³-hybridized carbons (Fsp3) is 1.00. The molecule has 0 aromatic rings. The van der Waals surface area contributed by atoms with E-state index in [0.717, 1.165) is 12.8 Å². The first-order valence-corrected chi connectivity index (χ1v) is 5.34. The molecule has 1 saturated carbocycles. The van der Waals surface area contributed by atoms with Crippen molar-refractivity contribution in [3.05, 3.63) is 0 Å². The number of alkyl halides is 4. The minimum absolute atomic E-state index is 0.0359. The summed E-state index contributed by atoms with van der Waals surface area (Å²) in [6, 6.07) is 0. The van der Waals surface area contributed by atoms with Gasteiger partial charge in [0.2, 0.25) is 0 Å². The quantitative estimate of drug-likeness (QED) is 0.650. The molecule has 5 heteroatoms. The van der Waals surface area contributed by atoms with Crippen molar-refractivity contribution < 1.29 is 5.11 Å².